The zero-order valence-electron chi connectivity index (χ0n) is 14.1. The number of rotatable bonds is 3. The molecule has 1 atom stereocenters. The van der Waals surface area contributed by atoms with Crippen LogP contribution in [0.4, 0.5) is 0 Å². The summed E-state index contributed by atoms with van der Waals surface area (Å²) in [7, 11) is 0. The summed E-state index contributed by atoms with van der Waals surface area (Å²) in [6.07, 6.45) is 0. The van der Waals surface area contributed by atoms with E-state index < -0.39 is 0 Å². The number of carbonyl (C=O) groups is 1. The van der Waals surface area contributed by atoms with E-state index >= 15 is 0 Å². The Bertz CT molecular complexity index is 911. The second-order valence-electron chi connectivity index (χ2n) is 6.19. The van der Waals surface area contributed by atoms with Crippen molar-refractivity contribution in [3.05, 3.63) is 95.0 Å². The van der Waals surface area contributed by atoms with Gasteiger partial charge in [0.1, 0.15) is 5.37 Å². The van der Waals surface area contributed by atoms with Gasteiger partial charge >= 0.3 is 0 Å². The fraction of sp³-hybridized carbons (Fsp3) is 0.136. The summed E-state index contributed by atoms with van der Waals surface area (Å²) >= 11 is 8.12. The van der Waals surface area contributed by atoms with Gasteiger partial charge in [-0.2, -0.15) is 0 Å². The van der Waals surface area contributed by atoms with Gasteiger partial charge in [0.2, 0.25) is 0 Å². The van der Waals surface area contributed by atoms with Crippen LogP contribution in [-0.2, 0) is 0 Å². The lowest BCUT2D eigenvalue weighted by atomic mass is 10.0. The summed E-state index contributed by atoms with van der Waals surface area (Å²) in [5.74, 6) is 0.975. The molecule has 0 bridgehead atoms. The van der Waals surface area contributed by atoms with Crippen molar-refractivity contribution in [3.8, 4) is 11.1 Å². The van der Waals surface area contributed by atoms with Gasteiger partial charge in [0.15, 0.2) is 0 Å². The molecule has 0 aromatic heterocycles. The number of thioether (sulfide) groups is 1. The molecule has 4 heteroatoms. The zero-order chi connectivity index (χ0) is 17.9. The molecular weight excluding hydrogens is 362 g/mol. The summed E-state index contributed by atoms with van der Waals surface area (Å²) < 4.78 is 0. The third-order valence-corrected chi connectivity index (χ3v) is 6.15. The van der Waals surface area contributed by atoms with Crippen molar-refractivity contribution in [2.45, 2.75) is 5.37 Å². The van der Waals surface area contributed by atoms with E-state index in [2.05, 4.69) is 12.1 Å². The molecule has 1 aliphatic heterocycles. The Morgan fingerprint density at radius 1 is 0.885 bits per heavy atom. The average molecular weight is 380 g/mol. The molecule has 0 N–H and O–H groups in total. The van der Waals surface area contributed by atoms with Gasteiger partial charge in [0.05, 0.1) is 0 Å². The lowest BCUT2D eigenvalue weighted by Gasteiger charge is -2.25. The predicted octanol–water partition coefficient (Wildman–Crippen LogP) is 5.89. The number of amides is 1. The Hall–Kier alpha value is -2.23. The molecule has 1 heterocycles. The molecule has 3 aromatic carbocycles. The number of hydrogen-bond acceptors (Lipinski definition) is 2. The van der Waals surface area contributed by atoms with Crippen molar-refractivity contribution in [3.63, 3.8) is 0 Å². The second-order valence-corrected chi connectivity index (χ2v) is 7.78. The highest BCUT2D eigenvalue weighted by atomic mass is 35.5. The van der Waals surface area contributed by atoms with E-state index in [0.717, 1.165) is 29.0 Å². The topological polar surface area (TPSA) is 20.3 Å². The van der Waals surface area contributed by atoms with E-state index in [1.165, 1.54) is 0 Å². The Morgan fingerprint density at radius 3 is 2.27 bits per heavy atom. The molecule has 0 saturated carbocycles. The van der Waals surface area contributed by atoms with E-state index in [1.54, 1.807) is 11.8 Å². The fourth-order valence-corrected chi connectivity index (χ4v) is 4.81. The molecule has 1 saturated heterocycles. The van der Waals surface area contributed by atoms with Gasteiger partial charge in [0, 0.05) is 28.4 Å². The fourth-order valence-electron chi connectivity index (χ4n) is 3.21. The van der Waals surface area contributed by atoms with Crippen LogP contribution in [-0.4, -0.2) is 23.1 Å². The Labute approximate surface area is 162 Å². The van der Waals surface area contributed by atoms with Crippen molar-refractivity contribution in [1.29, 1.82) is 0 Å². The minimum absolute atomic E-state index is 0.0231. The van der Waals surface area contributed by atoms with Crippen LogP contribution < -0.4 is 0 Å². The van der Waals surface area contributed by atoms with Crippen LogP contribution in [0, 0.1) is 0 Å². The normalized spacial score (nSPS) is 16.7. The number of benzene rings is 3. The first kappa shape index (κ1) is 17.2. The van der Waals surface area contributed by atoms with Crippen LogP contribution in [0.5, 0.6) is 0 Å². The third-order valence-electron chi connectivity index (χ3n) is 4.56. The van der Waals surface area contributed by atoms with Crippen molar-refractivity contribution in [1.82, 2.24) is 4.90 Å². The third kappa shape index (κ3) is 3.37. The first-order valence-corrected chi connectivity index (χ1v) is 9.99. The summed E-state index contributed by atoms with van der Waals surface area (Å²) in [5.41, 5.74) is 3.98. The Morgan fingerprint density at radius 2 is 1.54 bits per heavy atom. The lowest BCUT2D eigenvalue weighted by Crippen LogP contribution is -2.30. The van der Waals surface area contributed by atoms with E-state index in [-0.39, 0.29) is 11.3 Å². The van der Waals surface area contributed by atoms with Crippen LogP contribution in [0.3, 0.4) is 0 Å². The molecule has 0 aliphatic carbocycles. The minimum atomic E-state index is -0.0231. The molecule has 3 aromatic rings. The largest absolute Gasteiger partial charge is 0.322 e. The first-order chi connectivity index (χ1) is 12.7. The van der Waals surface area contributed by atoms with E-state index in [1.807, 2.05) is 71.6 Å². The highest BCUT2D eigenvalue weighted by molar-refractivity contribution is 7.99. The summed E-state index contributed by atoms with van der Waals surface area (Å²) in [6.45, 7) is 0.736. The zero-order valence-corrected chi connectivity index (χ0v) is 15.7. The number of halogens is 1. The Kier molecular flexibility index (Phi) is 5.00. The van der Waals surface area contributed by atoms with Crippen LogP contribution in [0.2, 0.25) is 5.02 Å². The van der Waals surface area contributed by atoms with Gasteiger partial charge in [-0.05, 0) is 29.3 Å². The van der Waals surface area contributed by atoms with Gasteiger partial charge in [0.25, 0.3) is 5.91 Å². The molecule has 130 valence electrons. The summed E-state index contributed by atoms with van der Waals surface area (Å²) in [6, 6.07) is 25.8. The highest BCUT2D eigenvalue weighted by Gasteiger charge is 2.32. The van der Waals surface area contributed by atoms with Gasteiger partial charge < -0.3 is 4.90 Å². The Balaban J connectivity index is 1.58. The molecule has 26 heavy (non-hydrogen) atoms. The van der Waals surface area contributed by atoms with Gasteiger partial charge in [-0.15, -0.1) is 11.8 Å². The monoisotopic (exact) mass is 379 g/mol. The van der Waals surface area contributed by atoms with Gasteiger partial charge in [-0.1, -0.05) is 72.3 Å². The molecule has 2 nitrogen and oxygen atoms in total. The maximum absolute atomic E-state index is 13.1. The molecule has 1 aliphatic rings. The summed E-state index contributed by atoms with van der Waals surface area (Å²) in [4.78, 5) is 15.0. The van der Waals surface area contributed by atoms with Gasteiger partial charge in [-0.3, -0.25) is 4.79 Å². The van der Waals surface area contributed by atoms with Crippen LogP contribution >= 0.6 is 23.4 Å². The number of hydrogen-bond donors (Lipinski definition) is 0. The molecular formula is C22H18ClNOS. The summed E-state index contributed by atoms with van der Waals surface area (Å²) in [5, 5.41) is 0.689. The predicted molar refractivity (Wildman–Crippen MR) is 110 cm³/mol. The molecule has 0 spiro atoms. The van der Waals surface area contributed by atoms with E-state index in [4.69, 9.17) is 11.6 Å². The lowest BCUT2D eigenvalue weighted by molar-refractivity contribution is 0.0760. The van der Waals surface area contributed by atoms with Crippen molar-refractivity contribution in [2.75, 3.05) is 12.3 Å². The average Bonchev–Trinajstić information content (AvgIpc) is 3.18. The van der Waals surface area contributed by atoms with Crippen LogP contribution in [0.25, 0.3) is 11.1 Å². The minimum Gasteiger partial charge on any atom is -0.322 e. The first-order valence-electron chi connectivity index (χ1n) is 8.56. The van der Waals surface area contributed by atoms with E-state index in [9.17, 15) is 4.79 Å². The van der Waals surface area contributed by atoms with Crippen molar-refractivity contribution in [2.24, 2.45) is 0 Å². The molecule has 1 fully saturated rings. The second kappa shape index (κ2) is 7.56. The molecule has 1 unspecified atom stereocenters. The number of carbonyl (C=O) groups excluding carboxylic acids is 1. The molecule has 0 radical (unpaired) electrons. The smallest absolute Gasteiger partial charge is 0.255 e. The maximum atomic E-state index is 13.1. The number of nitrogens with zero attached hydrogens (tertiary/aromatic N) is 1. The maximum Gasteiger partial charge on any atom is 0.255 e. The quantitative estimate of drug-likeness (QED) is 0.565. The van der Waals surface area contributed by atoms with Crippen molar-refractivity contribution < 1.29 is 4.79 Å². The van der Waals surface area contributed by atoms with Crippen LogP contribution in [0.15, 0.2) is 78.9 Å². The molecule has 1 amide bonds. The standard InChI is InChI=1S/C22H18ClNOS/c23-20-9-5-4-8-19(20)22-24(14-15-26-22)21(25)18-12-10-17(11-13-18)16-6-2-1-3-7-16/h1-13,22H,14-15H2. The molecule has 4 rings (SSSR count). The SMILES string of the molecule is O=C(c1ccc(-c2ccccc2)cc1)N1CCSC1c1ccccc1Cl. The highest BCUT2D eigenvalue weighted by Crippen LogP contribution is 2.41. The van der Waals surface area contributed by atoms with Gasteiger partial charge in [-0.25, -0.2) is 0 Å². The van der Waals surface area contributed by atoms with E-state index in [0.29, 0.717) is 10.6 Å². The van der Waals surface area contributed by atoms with Crippen molar-refractivity contribution >= 4 is 29.3 Å². The van der Waals surface area contributed by atoms with Crippen LogP contribution in [0.1, 0.15) is 21.3 Å².